The molecule has 0 saturated carbocycles. The fourth-order valence-corrected chi connectivity index (χ4v) is 3.22. The van der Waals surface area contributed by atoms with Crippen LogP contribution < -0.4 is 0 Å². The van der Waals surface area contributed by atoms with E-state index in [2.05, 4.69) is 20.2 Å². The maximum Gasteiger partial charge on any atom is 0.416 e. The van der Waals surface area contributed by atoms with E-state index in [1.807, 2.05) is 0 Å². The second-order valence-corrected chi connectivity index (χ2v) is 7.02. The van der Waals surface area contributed by atoms with Crippen molar-refractivity contribution in [2.45, 2.75) is 12.7 Å². The van der Waals surface area contributed by atoms with Crippen LogP contribution >= 0.6 is 0 Å². The van der Waals surface area contributed by atoms with Crippen molar-refractivity contribution < 1.29 is 22.1 Å². The van der Waals surface area contributed by atoms with Crippen LogP contribution in [0.4, 0.5) is 17.6 Å². The molecule has 1 aromatic heterocycles. The second kappa shape index (κ2) is 7.56. The third-order valence-corrected chi connectivity index (χ3v) is 4.81. The molecule has 0 unspecified atom stereocenters. The molecule has 0 atom stereocenters. The van der Waals surface area contributed by atoms with E-state index >= 15 is 0 Å². The fourth-order valence-electron chi connectivity index (χ4n) is 3.22. The van der Waals surface area contributed by atoms with Crippen molar-refractivity contribution in [2.75, 3.05) is 0 Å². The highest BCUT2D eigenvalue weighted by molar-refractivity contribution is 5.65. The minimum absolute atomic E-state index is 0.214. The lowest BCUT2D eigenvalue weighted by atomic mass is 10.1. The summed E-state index contributed by atoms with van der Waals surface area (Å²) in [6.45, 7) is 0.214. The molecule has 160 valence electrons. The molecule has 0 amide bonds. The summed E-state index contributed by atoms with van der Waals surface area (Å²) in [5.41, 5.74) is 1.52. The number of fused-ring (bicyclic) bond motifs is 1. The van der Waals surface area contributed by atoms with Gasteiger partial charge in [-0.3, -0.25) is 4.68 Å². The summed E-state index contributed by atoms with van der Waals surface area (Å²) < 4.78 is 59.1. The summed E-state index contributed by atoms with van der Waals surface area (Å²) in [7, 11) is 0. The molecule has 2 aliphatic heterocycles. The molecular formula is C22H13F4N5O. The topological polar surface area (TPSA) is 69.6 Å². The van der Waals surface area contributed by atoms with E-state index in [-0.39, 0.29) is 12.4 Å². The third-order valence-electron chi connectivity index (χ3n) is 4.81. The lowest BCUT2D eigenvalue weighted by Gasteiger charge is -2.06. The van der Waals surface area contributed by atoms with E-state index in [0.29, 0.717) is 34.0 Å². The average molecular weight is 439 g/mol. The van der Waals surface area contributed by atoms with Gasteiger partial charge in [-0.15, -0.1) is 0 Å². The number of benzene rings is 2. The molecule has 0 fully saturated rings. The highest BCUT2D eigenvalue weighted by Gasteiger charge is 2.30. The van der Waals surface area contributed by atoms with Crippen LogP contribution in [-0.2, 0) is 12.7 Å². The average Bonchev–Trinajstić information content (AvgIpc) is 3.40. The van der Waals surface area contributed by atoms with Gasteiger partial charge < -0.3 is 4.52 Å². The van der Waals surface area contributed by atoms with Crippen LogP contribution in [0.15, 0.2) is 71.5 Å². The summed E-state index contributed by atoms with van der Waals surface area (Å²) in [6.07, 6.45) is -1.24. The van der Waals surface area contributed by atoms with Gasteiger partial charge in [0.2, 0.25) is 0 Å². The lowest BCUT2D eigenvalue weighted by Crippen LogP contribution is -2.04. The number of halogens is 4. The molecule has 10 heteroatoms. The molecule has 0 aliphatic carbocycles. The van der Waals surface area contributed by atoms with E-state index in [0.717, 1.165) is 12.1 Å². The van der Waals surface area contributed by atoms with Crippen LogP contribution in [0.1, 0.15) is 11.3 Å². The number of aromatic nitrogens is 5. The Morgan fingerprint density at radius 3 is 2.41 bits per heavy atom. The monoisotopic (exact) mass is 439 g/mol. The van der Waals surface area contributed by atoms with E-state index in [4.69, 9.17) is 4.52 Å². The number of alkyl halides is 3. The first-order chi connectivity index (χ1) is 15.4. The van der Waals surface area contributed by atoms with Crippen LogP contribution in [0.25, 0.3) is 34.0 Å². The Morgan fingerprint density at radius 1 is 0.906 bits per heavy atom. The second-order valence-electron chi connectivity index (χ2n) is 7.02. The van der Waals surface area contributed by atoms with E-state index in [1.165, 1.54) is 24.4 Å². The standard InChI is InChI=1S/C22H13F4N5O/c23-17-4-2-1-3-16(17)21-28-19-10-27-31(12-20(19)29-21)11-15-9-18(30-32-15)13-5-7-14(8-6-13)22(24,25)26/h1-10,12H,11H2. The first-order valence-electron chi connectivity index (χ1n) is 9.45. The zero-order valence-corrected chi connectivity index (χ0v) is 16.2. The van der Waals surface area contributed by atoms with Gasteiger partial charge in [0.1, 0.15) is 29.4 Å². The van der Waals surface area contributed by atoms with Crippen LogP contribution in [0, 0.1) is 5.82 Å². The summed E-state index contributed by atoms with van der Waals surface area (Å²) >= 11 is 0. The lowest BCUT2D eigenvalue weighted by molar-refractivity contribution is -0.137. The van der Waals surface area contributed by atoms with Crippen molar-refractivity contribution in [3.63, 3.8) is 0 Å². The maximum atomic E-state index is 14.0. The van der Waals surface area contributed by atoms with Crippen molar-refractivity contribution in [1.29, 1.82) is 0 Å². The smallest absolute Gasteiger partial charge is 0.359 e. The Labute approximate surface area is 178 Å². The van der Waals surface area contributed by atoms with Gasteiger partial charge in [0.25, 0.3) is 0 Å². The van der Waals surface area contributed by atoms with E-state index < -0.39 is 17.6 Å². The Morgan fingerprint density at radius 2 is 1.66 bits per heavy atom. The molecule has 0 N–H and O–H groups in total. The van der Waals surface area contributed by atoms with E-state index in [1.54, 1.807) is 35.1 Å². The number of nitrogens with zero attached hydrogens (tertiary/aromatic N) is 5. The van der Waals surface area contributed by atoms with Crippen molar-refractivity contribution in [1.82, 2.24) is 24.9 Å². The van der Waals surface area contributed by atoms with Crippen LogP contribution in [-0.4, -0.2) is 24.9 Å². The highest BCUT2D eigenvalue weighted by atomic mass is 19.4. The quantitative estimate of drug-likeness (QED) is 0.355. The molecule has 2 aliphatic rings. The molecule has 32 heavy (non-hydrogen) atoms. The molecule has 0 radical (unpaired) electrons. The van der Waals surface area contributed by atoms with Crippen LogP contribution in [0.5, 0.6) is 0 Å². The van der Waals surface area contributed by atoms with Gasteiger partial charge in [-0.25, -0.2) is 14.4 Å². The number of imidazole rings is 1. The largest absolute Gasteiger partial charge is 0.416 e. The van der Waals surface area contributed by atoms with Gasteiger partial charge in [-0.1, -0.05) is 29.4 Å². The molecule has 0 bridgehead atoms. The number of rotatable bonds is 4. The molecular weight excluding hydrogens is 426 g/mol. The zero-order chi connectivity index (χ0) is 22.3. The van der Waals surface area contributed by atoms with E-state index in [9.17, 15) is 17.6 Å². The SMILES string of the molecule is Fc1ccccc1-c1nc2cnn(Cc3cc(-c4ccc(C(F)(F)F)cc4)no3)cc-2n1. The van der Waals surface area contributed by atoms with Gasteiger partial charge in [0, 0.05) is 11.6 Å². The summed E-state index contributed by atoms with van der Waals surface area (Å²) in [4.78, 5) is 8.69. The zero-order valence-electron chi connectivity index (χ0n) is 16.2. The molecule has 2 aromatic carbocycles. The summed E-state index contributed by atoms with van der Waals surface area (Å²) in [6, 6.07) is 12.5. The third kappa shape index (κ3) is 3.82. The van der Waals surface area contributed by atoms with Crippen molar-refractivity contribution in [3.05, 3.63) is 84.1 Å². The minimum atomic E-state index is -4.40. The van der Waals surface area contributed by atoms with Gasteiger partial charge in [0.15, 0.2) is 11.6 Å². The molecule has 3 heterocycles. The van der Waals surface area contributed by atoms with Gasteiger partial charge in [0.05, 0.1) is 23.5 Å². The predicted molar refractivity (Wildman–Crippen MR) is 106 cm³/mol. The first-order valence-corrected chi connectivity index (χ1v) is 9.45. The predicted octanol–water partition coefficient (Wildman–Crippen LogP) is 5.31. The summed E-state index contributed by atoms with van der Waals surface area (Å²) in [5.74, 6) is 0.300. The fraction of sp³-hybridized carbons (Fsp3) is 0.0909. The Kier molecular flexibility index (Phi) is 4.69. The number of hydrogen-bond donors (Lipinski definition) is 0. The maximum absolute atomic E-state index is 14.0. The van der Waals surface area contributed by atoms with Gasteiger partial charge in [-0.2, -0.15) is 18.3 Å². The molecule has 5 rings (SSSR count). The first kappa shape index (κ1) is 19.9. The van der Waals surface area contributed by atoms with Crippen molar-refractivity contribution in [2.24, 2.45) is 0 Å². The number of hydrogen-bond acceptors (Lipinski definition) is 5. The molecule has 6 nitrogen and oxygen atoms in total. The molecule has 0 spiro atoms. The molecule has 0 saturated heterocycles. The van der Waals surface area contributed by atoms with Gasteiger partial charge >= 0.3 is 6.18 Å². The van der Waals surface area contributed by atoms with Crippen LogP contribution in [0.3, 0.4) is 0 Å². The normalized spacial score (nSPS) is 11.9. The van der Waals surface area contributed by atoms with Crippen molar-refractivity contribution >= 4 is 0 Å². The highest BCUT2D eigenvalue weighted by Crippen LogP contribution is 2.31. The van der Waals surface area contributed by atoms with Gasteiger partial charge in [-0.05, 0) is 24.3 Å². The Balaban J connectivity index is 1.37. The molecule has 3 aromatic rings. The minimum Gasteiger partial charge on any atom is -0.359 e. The van der Waals surface area contributed by atoms with Crippen molar-refractivity contribution in [3.8, 4) is 34.0 Å². The Hall–Kier alpha value is -4.08. The Bertz CT molecular complexity index is 1360. The van der Waals surface area contributed by atoms with Crippen LogP contribution in [0.2, 0.25) is 0 Å². The summed E-state index contributed by atoms with van der Waals surface area (Å²) in [5, 5.41) is 8.18.